The molecule has 1 heterocycles. The first-order chi connectivity index (χ1) is 22.0. The van der Waals surface area contributed by atoms with Crippen LogP contribution in [0.1, 0.15) is 0 Å². The Hall–Kier alpha value is -5.21. The molecule has 0 aliphatic rings. The molecule has 0 aliphatic heterocycles. The average molecular weight is 562 g/mol. The largest absolute Gasteiger partial charge is 0.291 e. The first-order valence-corrected chi connectivity index (χ1v) is 14.8. The van der Waals surface area contributed by atoms with Crippen LogP contribution in [-0.4, -0.2) is 40.9 Å². The van der Waals surface area contributed by atoms with E-state index in [4.69, 9.17) is 36.4 Å². The van der Waals surface area contributed by atoms with Gasteiger partial charge in [-0.05, 0) is 51.2 Å². The van der Waals surface area contributed by atoms with Crippen molar-refractivity contribution in [3.63, 3.8) is 0 Å². The standard InChI is InChI=1S/C39H22B4N2/c40-30-22-31(41)36(42)37(43)35(30)39-44-32-19-8-9-20-33(32)45(39)38-28-17-6-4-15-26(28)34(27-16-5-7-18-29(27)38)25-14-10-13-24(21-25)23-11-2-1-3-12-23/h1-22H. The average Bonchev–Trinajstić information content (AvgIpc) is 3.45. The molecule has 200 valence electrons. The van der Waals surface area contributed by atoms with Gasteiger partial charge in [-0.1, -0.05) is 126 Å². The maximum atomic E-state index is 6.63. The highest BCUT2D eigenvalue weighted by Gasteiger charge is 2.23. The van der Waals surface area contributed by atoms with Crippen molar-refractivity contribution in [1.29, 1.82) is 0 Å². The summed E-state index contributed by atoms with van der Waals surface area (Å²) in [5, 5.41) is 4.39. The summed E-state index contributed by atoms with van der Waals surface area (Å²) in [7, 11) is 25.7. The van der Waals surface area contributed by atoms with Crippen molar-refractivity contribution < 1.29 is 0 Å². The molecule has 0 N–H and O–H groups in total. The SMILES string of the molecule is [B]c1cc([B])c(-c2nc3ccccc3n2-c2c3ccccc3c(-c3cccc(-c4ccccc4)c3)c3ccccc23)c([B])c1[B]. The number of nitrogens with zero attached hydrogens (tertiary/aromatic N) is 2. The molecule has 0 fully saturated rings. The number of fused-ring (bicyclic) bond motifs is 3. The summed E-state index contributed by atoms with van der Waals surface area (Å²) in [6, 6.07) is 46.0. The maximum Gasteiger partial charge on any atom is 0.144 e. The van der Waals surface area contributed by atoms with Crippen LogP contribution in [0.25, 0.3) is 71.9 Å². The van der Waals surface area contributed by atoms with Gasteiger partial charge in [0.25, 0.3) is 0 Å². The lowest BCUT2D eigenvalue weighted by Crippen LogP contribution is -2.44. The van der Waals surface area contributed by atoms with Crippen LogP contribution < -0.4 is 21.9 Å². The molecule has 1 aromatic heterocycles. The smallest absolute Gasteiger partial charge is 0.144 e. The summed E-state index contributed by atoms with van der Waals surface area (Å²) in [6.45, 7) is 0. The van der Waals surface area contributed by atoms with Gasteiger partial charge in [0.1, 0.15) is 37.2 Å². The normalized spacial score (nSPS) is 11.5. The lowest BCUT2D eigenvalue weighted by molar-refractivity contribution is 1.13. The van der Waals surface area contributed by atoms with Crippen LogP contribution >= 0.6 is 0 Å². The van der Waals surface area contributed by atoms with E-state index in [0.29, 0.717) is 33.2 Å². The summed E-state index contributed by atoms with van der Waals surface area (Å²) >= 11 is 0. The Balaban J connectivity index is 1.51. The highest BCUT2D eigenvalue weighted by molar-refractivity contribution is 6.61. The first kappa shape index (κ1) is 27.3. The van der Waals surface area contributed by atoms with Gasteiger partial charge >= 0.3 is 0 Å². The van der Waals surface area contributed by atoms with Crippen LogP contribution in [0.15, 0.2) is 133 Å². The van der Waals surface area contributed by atoms with Gasteiger partial charge in [0.2, 0.25) is 0 Å². The third-order valence-electron chi connectivity index (χ3n) is 8.64. The Bertz CT molecular complexity index is 2370. The third-order valence-corrected chi connectivity index (χ3v) is 8.64. The molecular weight excluding hydrogens is 540 g/mol. The highest BCUT2D eigenvalue weighted by Crippen LogP contribution is 2.43. The van der Waals surface area contributed by atoms with E-state index in [1.165, 1.54) is 16.7 Å². The van der Waals surface area contributed by atoms with Gasteiger partial charge in [-0.3, -0.25) is 4.57 Å². The highest BCUT2D eigenvalue weighted by atomic mass is 15.1. The van der Waals surface area contributed by atoms with Crippen molar-refractivity contribution in [2.24, 2.45) is 0 Å². The zero-order valence-electron chi connectivity index (χ0n) is 24.4. The quantitative estimate of drug-likeness (QED) is 0.205. The van der Waals surface area contributed by atoms with E-state index >= 15 is 0 Å². The van der Waals surface area contributed by atoms with Crippen molar-refractivity contribution >= 4 is 85.8 Å². The Morgan fingerprint density at radius 2 is 1.02 bits per heavy atom. The molecular formula is C39H22B4N2. The molecule has 2 nitrogen and oxygen atoms in total. The second-order valence-corrected chi connectivity index (χ2v) is 11.3. The number of imidazole rings is 1. The van der Waals surface area contributed by atoms with Crippen LogP contribution in [0.3, 0.4) is 0 Å². The second kappa shape index (κ2) is 10.7. The second-order valence-electron chi connectivity index (χ2n) is 11.3. The topological polar surface area (TPSA) is 17.8 Å². The molecule has 8 radical (unpaired) electrons. The molecule has 0 spiro atoms. The van der Waals surface area contributed by atoms with Gasteiger partial charge in [-0.25, -0.2) is 4.98 Å². The fourth-order valence-corrected chi connectivity index (χ4v) is 6.57. The summed E-state index contributed by atoms with van der Waals surface area (Å²) in [5.74, 6) is 0.604. The fraction of sp³-hybridized carbons (Fsp3) is 0. The summed E-state index contributed by atoms with van der Waals surface area (Å²) in [4.78, 5) is 5.10. The lowest BCUT2D eigenvalue weighted by atomic mass is 9.66. The monoisotopic (exact) mass is 562 g/mol. The van der Waals surface area contributed by atoms with Crippen molar-refractivity contribution in [3.8, 4) is 39.3 Å². The van der Waals surface area contributed by atoms with Crippen molar-refractivity contribution in [2.45, 2.75) is 0 Å². The van der Waals surface area contributed by atoms with Crippen molar-refractivity contribution in [2.75, 3.05) is 0 Å². The number of hydrogen-bond acceptors (Lipinski definition) is 1. The Morgan fingerprint density at radius 3 is 1.73 bits per heavy atom. The first-order valence-electron chi connectivity index (χ1n) is 14.8. The van der Waals surface area contributed by atoms with Crippen LogP contribution in [0.4, 0.5) is 0 Å². The predicted molar refractivity (Wildman–Crippen MR) is 194 cm³/mol. The summed E-state index contributed by atoms with van der Waals surface area (Å²) in [5.41, 5.74) is 9.31. The van der Waals surface area contributed by atoms with E-state index in [1.54, 1.807) is 6.07 Å². The number of para-hydroxylation sites is 2. The third kappa shape index (κ3) is 4.36. The van der Waals surface area contributed by atoms with E-state index in [-0.39, 0.29) is 0 Å². The molecule has 8 aromatic rings. The zero-order valence-corrected chi connectivity index (χ0v) is 24.4. The number of rotatable bonds is 4. The van der Waals surface area contributed by atoms with Crippen LogP contribution in [-0.2, 0) is 0 Å². The number of benzene rings is 7. The zero-order chi connectivity index (χ0) is 30.7. The molecule has 0 unspecified atom stereocenters. The lowest BCUT2D eigenvalue weighted by Gasteiger charge is -2.22. The van der Waals surface area contributed by atoms with Gasteiger partial charge in [-0.15, -0.1) is 10.9 Å². The van der Waals surface area contributed by atoms with Gasteiger partial charge in [0.05, 0.1) is 16.7 Å². The number of aromatic nitrogens is 2. The minimum absolute atomic E-state index is 0.293. The minimum Gasteiger partial charge on any atom is -0.291 e. The fourth-order valence-electron chi connectivity index (χ4n) is 6.57. The van der Waals surface area contributed by atoms with Gasteiger partial charge in [0.15, 0.2) is 0 Å². The van der Waals surface area contributed by atoms with E-state index in [2.05, 4.69) is 108 Å². The Morgan fingerprint density at radius 1 is 0.444 bits per heavy atom. The van der Waals surface area contributed by atoms with Crippen molar-refractivity contribution in [3.05, 3.63) is 133 Å². The minimum atomic E-state index is 0.293. The van der Waals surface area contributed by atoms with Gasteiger partial charge in [0, 0.05) is 16.3 Å². The molecule has 0 saturated carbocycles. The molecule has 0 bridgehead atoms. The van der Waals surface area contributed by atoms with Crippen LogP contribution in [0.5, 0.6) is 0 Å². The van der Waals surface area contributed by atoms with E-state index in [0.717, 1.165) is 43.8 Å². The molecule has 8 rings (SSSR count). The molecule has 0 aliphatic carbocycles. The van der Waals surface area contributed by atoms with Crippen molar-refractivity contribution in [1.82, 2.24) is 9.55 Å². The molecule has 0 atom stereocenters. The Labute approximate surface area is 267 Å². The molecule has 0 saturated heterocycles. The van der Waals surface area contributed by atoms with Gasteiger partial charge < -0.3 is 0 Å². The van der Waals surface area contributed by atoms with Gasteiger partial charge in [-0.2, -0.15) is 0 Å². The summed E-state index contributed by atoms with van der Waals surface area (Å²) in [6.07, 6.45) is 0. The van der Waals surface area contributed by atoms with Crippen LogP contribution in [0, 0.1) is 0 Å². The molecule has 0 amide bonds. The Kier molecular flexibility index (Phi) is 6.53. The molecule has 6 heteroatoms. The molecule has 7 aromatic carbocycles. The predicted octanol–water partition coefficient (Wildman–Crippen LogP) is 5.51. The molecule has 45 heavy (non-hydrogen) atoms. The summed E-state index contributed by atoms with van der Waals surface area (Å²) < 4.78 is 2.17. The van der Waals surface area contributed by atoms with E-state index in [9.17, 15) is 0 Å². The number of hydrogen-bond donors (Lipinski definition) is 0. The maximum absolute atomic E-state index is 6.63. The van der Waals surface area contributed by atoms with E-state index < -0.39 is 0 Å². The van der Waals surface area contributed by atoms with E-state index in [1.807, 2.05) is 24.3 Å². The van der Waals surface area contributed by atoms with Crippen LogP contribution in [0.2, 0.25) is 0 Å².